The smallest absolute Gasteiger partial charge is 0.410 e. The van der Waals surface area contributed by atoms with Gasteiger partial charge in [0.05, 0.1) is 5.02 Å². The number of hydrogen-bond donors (Lipinski definition) is 1. The highest BCUT2D eigenvalue weighted by Gasteiger charge is 2.36. The summed E-state index contributed by atoms with van der Waals surface area (Å²) in [6, 6.07) is 7.16. The summed E-state index contributed by atoms with van der Waals surface area (Å²) < 4.78 is 10.9. The van der Waals surface area contributed by atoms with E-state index in [-0.39, 0.29) is 6.04 Å². The molecule has 1 aromatic carbocycles. The van der Waals surface area contributed by atoms with Crippen LogP contribution in [0.1, 0.15) is 32.8 Å². The van der Waals surface area contributed by atoms with Crippen molar-refractivity contribution in [2.24, 2.45) is 0 Å². The summed E-state index contributed by atoms with van der Waals surface area (Å²) in [5, 5.41) is 3.17. The van der Waals surface area contributed by atoms with Crippen LogP contribution in [0.3, 0.4) is 0 Å². The minimum absolute atomic E-state index is 0.00911. The van der Waals surface area contributed by atoms with E-state index in [0.29, 0.717) is 17.0 Å². The molecule has 0 aliphatic heterocycles. The molecule has 1 N–H and O–H groups in total. The zero-order valence-corrected chi connectivity index (χ0v) is 12.5. The highest BCUT2D eigenvalue weighted by molar-refractivity contribution is 6.31. The molecule has 5 heteroatoms. The molecule has 0 radical (unpaired) electrons. The van der Waals surface area contributed by atoms with E-state index >= 15 is 0 Å². The quantitative estimate of drug-likeness (QED) is 0.840. The normalized spacial score (nSPS) is 14.0. The van der Waals surface area contributed by atoms with E-state index in [1.807, 2.05) is 32.9 Å². The number of amides is 1. The van der Waals surface area contributed by atoms with Gasteiger partial charge in [-0.25, -0.2) is 4.79 Å². The molecule has 19 heavy (non-hydrogen) atoms. The SMILES string of the molecule is CC[C@@](OC)(OC(=O)NC(C)C)c1ccccc1Cl. The van der Waals surface area contributed by atoms with E-state index in [1.165, 1.54) is 7.11 Å². The van der Waals surface area contributed by atoms with Gasteiger partial charge in [-0.15, -0.1) is 0 Å². The van der Waals surface area contributed by atoms with Crippen LogP contribution < -0.4 is 5.32 Å². The average Bonchev–Trinajstić information content (AvgIpc) is 2.36. The number of nitrogens with one attached hydrogen (secondary N) is 1. The molecule has 0 aliphatic rings. The van der Waals surface area contributed by atoms with Crippen molar-refractivity contribution < 1.29 is 14.3 Å². The lowest BCUT2D eigenvalue weighted by atomic mass is 10.0. The Labute approximate surface area is 119 Å². The van der Waals surface area contributed by atoms with E-state index in [1.54, 1.807) is 12.1 Å². The van der Waals surface area contributed by atoms with Crippen LogP contribution in [0.4, 0.5) is 4.79 Å². The van der Waals surface area contributed by atoms with E-state index < -0.39 is 11.9 Å². The third-order valence-electron chi connectivity index (χ3n) is 2.74. The number of halogens is 1. The number of benzene rings is 1. The first-order chi connectivity index (χ1) is 8.95. The molecule has 0 saturated heterocycles. The maximum atomic E-state index is 11.8. The van der Waals surface area contributed by atoms with Crippen LogP contribution in [-0.4, -0.2) is 19.2 Å². The van der Waals surface area contributed by atoms with Crippen LogP contribution in [0.5, 0.6) is 0 Å². The summed E-state index contributed by atoms with van der Waals surface area (Å²) >= 11 is 6.16. The number of ether oxygens (including phenoxy) is 2. The lowest BCUT2D eigenvalue weighted by Crippen LogP contribution is -2.40. The van der Waals surface area contributed by atoms with Gasteiger partial charge in [0, 0.05) is 25.1 Å². The minimum atomic E-state index is -1.17. The van der Waals surface area contributed by atoms with Crippen molar-refractivity contribution in [3.8, 4) is 0 Å². The maximum absolute atomic E-state index is 11.8. The van der Waals surface area contributed by atoms with Crippen LogP contribution in [-0.2, 0) is 15.3 Å². The fourth-order valence-corrected chi connectivity index (χ4v) is 2.08. The maximum Gasteiger partial charge on any atom is 0.410 e. The summed E-state index contributed by atoms with van der Waals surface area (Å²) in [6.07, 6.45) is -0.0720. The summed E-state index contributed by atoms with van der Waals surface area (Å²) in [6.45, 7) is 5.59. The molecule has 0 heterocycles. The summed E-state index contributed by atoms with van der Waals surface area (Å²) in [5.41, 5.74) is 0.639. The van der Waals surface area contributed by atoms with Gasteiger partial charge in [0.1, 0.15) is 0 Å². The Morgan fingerprint density at radius 1 is 1.42 bits per heavy atom. The molecule has 1 atom stereocenters. The molecular weight excluding hydrogens is 266 g/mol. The van der Waals surface area contributed by atoms with Crippen molar-refractivity contribution in [2.75, 3.05) is 7.11 Å². The second kappa shape index (κ2) is 6.78. The standard InChI is InChI=1S/C14H20ClNO3/c1-5-14(18-4,19-13(17)16-10(2)3)11-8-6-7-9-12(11)15/h6-10H,5H2,1-4H3,(H,16,17)/t14-/m1/s1. The lowest BCUT2D eigenvalue weighted by Gasteiger charge is -2.32. The molecule has 1 aromatic rings. The van der Waals surface area contributed by atoms with Gasteiger partial charge in [0.15, 0.2) is 0 Å². The molecule has 1 rings (SSSR count). The average molecular weight is 286 g/mol. The van der Waals surface area contributed by atoms with Crippen molar-refractivity contribution in [2.45, 2.75) is 39.0 Å². The van der Waals surface area contributed by atoms with Crippen molar-refractivity contribution in [3.05, 3.63) is 34.9 Å². The van der Waals surface area contributed by atoms with Crippen LogP contribution in [0.25, 0.3) is 0 Å². The predicted octanol–water partition coefficient (Wildman–Crippen LogP) is 3.68. The largest absolute Gasteiger partial charge is 0.412 e. The van der Waals surface area contributed by atoms with Crippen LogP contribution in [0, 0.1) is 0 Å². The molecular formula is C14H20ClNO3. The molecule has 0 fully saturated rings. The molecule has 0 saturated carbocycles. The second-order valence-electron chi connectivity index (χ2n) is 4.48. The summed E-state index contributed by atoms with van der Waals surface area (Å²) in [5.74, 6) is -1.17. The predicted molar refractivity (Wildman–Crippen MR) is 75.2 cm³/mol. The van der Waals surface area contributed by atoms with Crippen molar-refractivity contribution >= 4 is 17.7 Å². The van der Waals surface area contributed by atoms with Gasteiger partial charge in [-0.3, -0.25) is 0 Å². The van der Waals surface area contributed by atoms with Crippen LogP contribution >= 0.6 is 11.6 Å². The molecule has 0 aliphatic carbocycles. The first-order valence-corrected chi connectivity index (χ1v) is 6.62. The Hall–Kier alpha value is -1.26. The first-order valence-electron chi connectivity index (χ1n) is 6.25. The number of carbonyl (C=O) groups excluding carboxylic acids is 1. The summed E-state index contributed by atoms with van der Waals surface area (Å²) in [4.78, 5) is 11.8. The zero-order chi connectivity index (χ0) is 14.5. The molecule has 0 aromatic heterocycles. The monoisotopic (exact) mass is 285 g/mol. The Morgan fingerprint density at radius 3 is 2.53 bits per heavy atom. The van der Waals surface area contributed by atoms with Gasteiger partial charge in [-0.2, -0.15) is 0 Å². The van der Waals surface area contributed by atoms with Gasteiger partial charge in [-0.1, -0.05) is 36.7 Å². The summed E-state index contributed by atoms with van der Waals surface area (Å²) in [7, 11) is 1.50. The van der Waals surface area contributed by atoms with Gasteiger partial charge < -0.3 is 14.8 Å². The van der Waals surface area contributed by atoms with E-state index in [4.69, 9.17) is 21.1 Å². The second-order valence-corrected chi connectivity index (χ2v) is 4.89. The van der Waals surface area contributed by atoms with E-state index in [0.717, 1.165) is 0 Å². The third kappa shape index (κ3) is 3.85. The Balaban J connectivity index is 3.04. The van der Waals surface area contributed by atoms with Gasteiger partial charge in [0.2, 0.25) is 5.79 Å². The minimum Gasteiger partial charge on any atom is -0.412 e. The van der Waals surface area contributed by atoms with Gasteiger partial charge >= 0.3 is 6.09 Å². The highest BCUT2D eigenvalue weighted by atomic mass is 35.5. The number of rotatable bonds is 5. The Bertz CT molecular complexity index is 430. The third-order valence-corrected chi connectivity index (χ3v) is 3.07. The molecule has 0 spiro atoms. The van der Waals surface area contributed by atoms with Crippen LogP contribution in [0.15, 0.2) is 24.3 Å². The fraction of sp³-hybridized carbons (Fsp3) is 0.500. The van der Waals surface area contributed by atoms with E-state index in [2.05, 4.69) is 5.32 Å². The Morgan fingerprint density at radius 2 is 2.05 bits per heavy atom. The topological polar surface area (TPSA) is 47.6 Å². The number of alkyl carbamates (subject to hydrolysis) is 1. The highest BCUT2D eigenvalue weighted by Crippen LogP contribution is 2.35. The van der Waals surface area contributed by atoms with Crippen molar-refractivity contribution in [1.82, 2.24) is 5.32 Å². The Kier molecular flexibility index (Phi) is 5.63. The molecule has 1 amide bonds. The van der Waals surface area contributed by atoms with E-state index in [9.17, 15) is 4.79 Å². The number of hydrogen-bond acceptors (Lipinski definition) is 3. The van der Waals surface area contributed by atoms with Gasteiger partial charge in [0.25, 0.3) is 0 Å². The van der Waals surface area contributed by atoms with Crippen molar-refractivity contribution in [1.29, 1.82) is 0 Å². The number of carbonyl (C=O) groups is 1. The van der Waals surface area contributed by atoms with Crippen molar-refractivity contribution in [3.63, 3.8) is 0 Å². The molecule has 4 nitrogen and oxygen atoms in total. The number of methoxy groups -OCH3 is 1. The molecule has 0 bridgehead atoms. The molecule has 0 unspecified atom stereocenters. The molecule has 106 valence electrons. The van der Waals surface area contributed by atoms with Crippen LogP contribution in [0.2, 0.25) is 5.02 Å². The lowest BCUT2D eigenvalue weighted by molar-refractivity contribution is -0.195. The van der Waals surface area contributed by atoms with Gasteiger partial charge in [-0.05, 0) is 19.9 Å². The zero-order valence-electron chi connectivity index (χ0n) is 11.7. The first kappa shape index (κ1) is 15.8. The fourth-order valence-electron chi connectivity index (χ4n) is 1.80.